The van der Waals surface area contributed by atoms with E-state index < -0.39 is 88.4 Å². The second-order valence-corrected chi connectivity index (χ2v) is 26.2. The summed E-state index contributed by atoms with van der Waals surface area (Å²) in [6.45, 7) is 9.15. The number of aliphatic hydroxyl groups is 6. The number of esters is 1. The van der Waals surface area contributed by atoms with Crippen LogP contribution in [0.25, 0.3) is 0 Å². The Morgan fingerprint density at radius 1 is 1.00 bits per heavy atom. The highest BCUT2D eigenvalue weighted by atomic mass is 16.6. The fraction of sp³-hybridized carbons (Fsp3) is 0.770. The van der Waals surface area contributed by atoms with Gasteiger partial charge in [-0.25, -0.2) is 0 Å². The van der Waals surface area contributed by atoms with Gasteiger partial charge in [0.1, 0.15) is 12.1 Å². The predicted octanol–water partition coefficient (Wildman–Crippen LogP) is 5.71. The number of nitrogens with zero attached hydrogens (tertiary/aromatic N) is 1. The summed E-state index contributed by atoms with van der Waals surface area (Å²) in [5, 5.41) is 78.6. The molecule has 2 heterocycles. The largest absolute Gasteiger partial charge is 0.462 e. The van der Waals surface area contributed by atoms with Crippen molar-refractivity contribution in [3.8, 4) is 11.8 Å². The van der Waals surface area contributed by atoms with Crippen LogP contribution in [-0.2, 0) is 19.1 Å². The molecule has 12 N–H and O–H groups in total. The first-order chi connectivity index (χ1) is 36.2. The molecule has 8 aliphatic carbocycles. The number of hydrogen-bond acceptors (Lipinski definition) is 12. The van der Waals surface area contributed by atoms with Crippen LogP contribution in [-0.4, -0.2) is 114 Å². The number of nitrogens with two attached hydrogens (primary N) is 2. The Balaban J connectivity index is 1.18. The van der Waals surface area contributed by atoms with E-state index in [2.05, 4.69) is 54.0 Å². The van der Waals surface area contributed by atoms with Gasteiger partial charge < -0.3 is 57.1 Å². The van der Waals surface area contributed by atoms with Gasteiger partial charge in [0.05, 0.1) is 47.7 Å². The van der Waals surface area contributed by atoms with Crippen molar-refractivity contribution >= 4 is 23.5 Å². The van der Waals surface area contributed by atoms with Gasteiger partial charge in [0.15, 0.2) is 17.5 Å². The molecule has 418 valence electrons. The Labute approximate surface area is 449 Å². The van der Waals surface area contributed by atoms with Gasteiger partial charge in [-0.1, -0.05) is 51.2 Å². The average molecular weight is 1050 g/mol. The number of H-pyrrole nitrogens is 1. The highest BCUT2D eigenvalue weighted by Crippen LogP contribution is 2.74. The lowest BCUT2D eigenvalue weighted by Crippen LogP contribution is -2.67. The highest BCUT2D eigenvalue weighted by Gasteiger charge is 2.75. The zero-order valence-electron chi connectivity index (χ0n) is 45.8. The van der Waals surface area contributed by atoms with Gasteiger partial charge >= 0.3 is 5.97 Å². The average Bonchev–Trinajstić information content (AvgIpc) is 4.35. The van der Waals surface area contributed by atoms with Crippen LogP contribution >= 0.6 is 0 Å². The summed E-state index contributed by atoms with van der Waals surface area (Å²) < 4.78 is 6.29. The van der Waals surface area contributed by atoms with Crippen molar-refractivity contribution in [1.29, 1.82) is 0 Å². The summed E-state index contributed by atoms with van der Waals surface area (Å²) >= 11 is 0. The van der Waals surface area contributed by atoms with Crippen molar-refractivity contribution in [1.82, 2.24) is 10.3 Å². The van der Waals surface area contributed by atoms with E-state index in [4.69, 9.17) is 16.2 Å². The molecular formula is C61H89N5O10. The van der Waals surface area contributed by atoms with Crippen LogP contribution in [0.2, 0.25) is 0 Å². The number of aliphatic hydroxyl groups excluding tert-OH is 4. The third-order valence-electron chi connectivity index (χ3n) is 22.5. The smallest absolute Gasteiger partial charge is 0.314 e. The number of carbonyl (C=O) groups excluding carboxylic acids is 3. The van der Waals surface area contributed by atoms with Gasteiger partial charge in [-0.15, -0.1) is 5.92 Å². The minimum Gasteiger partial charge on any atom is -0.462 e. The molecule has 15 heteroatoms. The van der Waals surface area contributed by atoms with Crippen molar-refractivity contribution < 1.29 is 49.8 Å². The number of guanidine groups is 1. The zero-order valence-corrected chi connectivity index (χ0v) is 45.8. The van der Waals surface area contributed by atoms with E-state index in [1.807, 2.05) is 18.5 Å². The second-order valence-electron chi connectivity index (χ2n) is 26.2. The number of cyclic esters (lactones) is 1. The maximum absolute atomic E-state index is 15.8. The summed E-state index contributed by atoms with van der Waals surface area (Å²) in [5.41, 5.74) is 9.12. The Bertz CT molecular complexity index is 2500. The normalized spacial score (nSPS) is 44.9. The standard InChI is InChI=1S/C61H89N5O10/c1-6-48-50(51(56(73)76-48)38-19-22-64-30-38)36-10-9-11-37-28-61(75)52-43(60(39-12-7-8-13-39)29-47(70)46(69)27-44(60)54(72)53(52)66-45(31-67)34(4)68)18-20-59(61,21-23-65-57(62)63)55(37)58(5,74)49(71)25-33(3)40-17-16-35-15-14-32(2)24-41(35)42(40)26-36/h16,19,22,30,32-33,36-37,39-51,55,64,66-67,69-71,74-75H,6-8,11-15,17-18,20-21,23-29,31H2,1-5H3,(H4,62,63,65). The lowest BCUT2D eigenvalue weighted by atomic mass is 9.41. The summed E-state index contributed by atoms with van der Waals surface area (Å²) in [7, 11) is 0. The van der Waals surface area contributed by atoms with E-state index in [9.17, 15) is 40.2 Å². The summed E-state index contributed by atoms with van der Waals surface area (Å²) in [5.74, 6) is 3.92. The zero-order chi connectivity index (χ0) is 54.2. The van der Waals surface area contributed by atoms with Gasteiger partial charge in [-0.05, 0) is 180 Å². The molecule has 1 aromatic rings. The third-order valence-corrected chi connectivity index (χ3v) is 22.5. The maximum atomic E-state index is 15.8. The van der Waals surface area contributed by atoms with Crippen molar-refractivity contribution in [3.05, 3.63) is 46.9 Å². The molecule has 6 fully saturated rings. The third kappa shape index (κ3) is 9.03. The van der Waals surface area contributed by atoms with Gasteiger partial charge in [0.2, 0.25) is 0 Å². The minimum absolute atomic E-state index is 0.00283. The molecule has 0 spiro atoms. The van der Waals surface area contributed by atoms with Crippen molar-refractivity contribution in [2.24, 2.45) is 98.3 Å². The monoisotopic (exact) mass is 1050 g/mol. The second kappa shape index (κ2) is 21.2. The first kappa shape index (κ1) is 55.3. The Morgan fingerprint density at radius 2 is 1.76 bits per heavy atom. The molecule has 21 atom stereocenters. The topological polar surface area (TPSA) is 274 Å². The van der Waals surface area contributed by atoms with Crippen LogP contribution in [0.3, 0.4) is 0 Å². The molecule has 9 aliphatic rings. The summed E-state index contributed by atoms with van der Waals surface area (Å²) in [4.78, 5) is 51.0. The molecule has 0 aromatic carbocycles. The molecule has 0 amide bonds. The van der Waals surface area contributed by atoms with E-state index in [1.54, 1.807) is 6.92 Å². The Morgan fingerprint density at radius 3 is 2.45 bits per heavy atom. The molecule has 1 aliphatic heterocycles. The van der Waals surface area contributed by atoms with Crippen LogP contribution in [0, 0.1) is 93.7 Å². The molecule has 10 rings (SSSR count). The number of aromatic amines is 1. The van der Waals surface area contributed by atoms with Crippen LogP contribution in [0.15, 0.2) is 46.4 Å². The Kier molecular flexibility index (Phi) is 15.4. The molecule has 21 unspecified atom stereocenters. The number of fused-ring (bicyclic) bond motifs is 10. The van der Waals surface area contributed by atoms with Crippen molar-refractivity contribution in [3.63, 3.8) is 0 Å². The Hall–Kier alpha value is -4.04. The molecule has 76 heavy (non-hydrogen) atoms. The van der Waals surface area contributed by atoms with Gasteiger partial charge in [0.25, 0.3) is 0 Å². The number of aromatic nitrogens is 1. The van der Waals surface area contributed by atoms with Crippen molar-refractivity contribution in [2.75, 3.05) is 13.2 Å². The van der Waals surface area contributed by atoms with Crippen molar-refractivity contribution in [2.45, 2.75) is 198 Å². The number of allylic oxidation sites excluding steroid dienone is 3. The van der Waals surface area contributed by atoms with Crippen LogP contribution in [0.5, 0.6) is 0 Å². The van der Waals surface area contributed by atoms with Gasteiger partial charge in [-0.3, -0.25) is 19.4 Å². The maximum Gasteiger partial charge on any atom is 0.314 e. The van der Waals surface area contributed by atoms with Crippen LogP contribution in [0.4, 0.5) is 0 Å². The van der Waals surface area contributed by atoms with Gasteiger partial charge in [0, 0.05) is 54.4 Å². The molecule has 1 aromatic heterocycles. The van der Waals surface area contributed by atoms with Gasteiger partial charge in [-0.2, -0.15) is 0 Å². The number of ketones is 2. The number of aliphatic imine (C=N–C) groups is 1. The molecular weight excluding hydrogens is 963 g/mol. The van der Waals surface area contributed by atoms with E-state index >= 15 is 4.79 Å². The quantitative estimate of drug-likeness (QED) is 0.0419. The van der Waals surface area contributed by atoms with Crippen LogP contribution < -0.4 is 16.8 Å². The molecule has 15 nitrogen and oxygen atoms in total. The molecule has 1 saturated heterocycles. The number of hydrogen-bond donors (Lipinski definition) is 10. The molecule has 5 saturated carbocycles. The lowest BCUT2D eigenvalue weighted by molar-refractivity contribution is -0.196. The molecule has 0 bridgehead atoms. The SMILES string of the molecule is CCC1OC(=O)C(c2cc[nH]c2)C1C1C#CCC2CC3(O)C4=C(NC(CO)C(C)=O)C(=O)C5CC(O)C(O)CC5(C5CCCC5)C4CCC3(CCN=C(N)N)C2C(C)(O)C(O)CC(C)C2CC=C3CCC(C)CC3C2C1. The molecule has 0 radical (unpaired) electrons. The predicted molar refractivity (Wildman–Crippen MR) is 287 cm³/mol. The number of Topliss-reactive ketones (excluding diaryl/α,β-unsaturated/α-hetero) is 2. The number of rotatable bonds is 11. The van der Waals surface area contributed by atoms with E-state index in [-0.39, 0.29) is 110 Å². The fourth-order valence-corrected chi connectivity index (χ4v) is 19.2. The number of nitrogens with one attached hydrogen (secondary N) is 2. The van der Waals surface area contributed by atoms with E-state index in [0.717, 1.165) is 63.4 Å². The first-order valence-corrected chi connectivity index (χ1v) is 29.4. The lowest BCUT2D eigenvalue weighted by Gasteiger charge is -2.64. The fourth-order valence-electron chi connectivity index (χ4n) is 19.2. The highest BCUT2D eigenvalue weighted by molar-refractivity contribution is 6.01. The summed E-state index contributed by atoms with van der Waals surface area (Å²) in [6, 6.07) is 0.782. The minimum atomic E-state index is -1.89. The van der Waals surface area contributed by atoms with E-state index in [0.29, 0.717) is 36.7 Å². The van der Waals surface area contributed by atoms with E-state index in [1.165, 1.54) is 12.5 Å². The van der Waals surface area contributed by atoms with Crippen LogP contribution in [0.1, 0.15) is 162 Å². The number of ether oxygens (including phenoxy) is 1. The summed E-state index contributed by atoms with van der Waals surface area (Å²) in [6.07, 6.45) is 13.0. The number of carbonyl (C=O) groups is 3. The first-order valence-electron chi connectivity index (χ1n) is 29.4.